The Bertz CT molecular complexity index is 1060. The maximum absolute atomic E-state index is 13.2. The van der Waals surface area contributed by atoms with Crippen molar-refractivity contribution in [1.82, 2.24) is 9.97 Å². The van der Waals surface area contributed by atoms with Crippen LogP contribution >= 0.6 is 11.8 Å². The van der Waals surface area contributed by atoms with Gasteiger partial charge in [0.15, 0.2) is 10.9 Å². The number of ether oxygens (including phenoxy) is 1. The molecule has 0 bridgehead atoms. The van der Waals surface area contributed by atoms with E-state index in [0.29, 0.717) is 40.2 Å². The van der Waals surface area contributed by atoms with Gasteiger partial charge < -0.3 is 15.0 Å². The predicted octanol–water partition coefficient (Wildman–Crippen LogP) is 4.48. The van der Waals surface area contributed by atoms with Crippen LogP contribution < -0.4 is 15.6 Å². The first-order chi connectivity index (χ1) is 14.5. The van der Waals surface area contributed by atoms with Gasteiger partial charge in [-0.3, -0.25) is 9.59 Å². The lowest BCUT2D eigenvalue weighted by Gasteiger charge is -2.32. The number of allylic oxidation sites excluding steroid dienone is 2. The molecule has 2 aliphatic rings. The average Bonchev–Trinajstić information content (AvgIpc) is 2.72. The smallest absolute Gasteiger partial charge is 0.257 e. The summed E-state index contributed by atoms with van der Waals surface area (Å²) >= 11 is 1.56. The molecule has 0 fully saturated rings. The van der Waals surface area contributed by atoms with Gasteiger partial charge in [0, 0.05) is 29.4 Å². The normalized spacial score (nSPS) is 18.1. The molecule has 1 aromatic heterocycles. The van der Waals surface area contributed by atoms with E-state index in [1.54, 1.807) is 18.9 Å². The molecule has 0 spiro atoms. The number of methoxy groups -OCH3 is 1. The molecular weight excluding hydrogens is 398 g/mol. The molecule has 7 heteroatoms. The Kier molecular flexibility index (Phi) is 5.99. The first kappa shape index (κ1) is 20.7. The summed E-state index contributed by atoms with van der Waals surface area (Å²) < 4.78 is 5.39. The largest absolute Gasteiger partial charge is 0.497 e. The van der Waals surface area contributed by atoms with Crippen molar-refractivity contribution in [3.05, 3.63) is 57.0 Å². The molecule has 2 N–H and O–H groups in total. The summed E-state index contributed by atoms with van der Waals surface area (Å²) in [6, 6.07) is 7.60. The molecule has 1 aliphatic heterocycles. The van der Waals surface area contributed by atoms with E-state index < -0.39 is 5.92 Å². The van der Waals surface area contributed by atoms with E-state index in [1.165, 1.54) is 0 Å². The molecule has 1 unspecified atom stereocenters. The van der Waals surface area contributed by atoms with Crippen molar-refractivity contribution >= 4 is 23.4 Å². The minimum atomic E-state index is -0.440. The van der Waals surface area contributed by atoms with Gasteiger partial charge in [-0.15, -0.1) is 0 Å². The molecule has 2 aromatic rings. The Morgan fingerprint density at radius 1 is 1.27 bits per heavy atom. The molecule has 2 heterocycles. The van der Waals surface area contributed by atoms with Crippen molar-refractivity contribution in [2.45, 2.75) is 50.6 Å². The standard InChI is InChI=1S/C23H27N3O3S/c1-13(2)10-11-30-23-25-21-20(22(28)26-23)18(14-6-4-7-15(12-14)29-3)19-16(24-21)8-5-9-17(19)27/h4,6-7,12-13,18H,5,8-11H2,1-3H3,(H2,24,25,26,28). The van der Waals surface area contributed by atoms with E-state index in [0.717, 1.165) is 36.3 Å². The van der Waals surface area contributed by atoms with Gasteiger partial charge in [-0.05, 0) is 42.9 Å². The van der Waals surface area contributed by atoms with Crippen LogP contribution in [0.2, 0.25) is 0 Å². The van der Waals surface area contributed by atoms with Crippen LogP contribution in [-0.4, -0.2) is 28.6 Å². The van der Waals surface area contributed by atoms with Gasteiger partial charge in [-0.2, -0.15) is 0 Å². The quantitative estimate of drug-likeness (QED) is 0.524. The Labute approximate surface area is 180 Å². The van der Waals surface area contributed by atoms with Crippen molar-refractivity contribution in [3.63, 3.8) is 0 Å². The number of carbonyl (C=O) groups is 1. The topological polar surface area (TPSA) is 84.1 Å². The number of aromatic amines is 1. The maximum atomic E-state index is 13.2. The van der Waals surface area contributed by atoms with E-state index in [-0.39, 0.29) is 11.3 Å². The highest BCUT2D eigenvalue weighted by Crippen LogP contribution is 2.44. The lowest BCUT2D eigenvalue weighted by molar-refractivity contribution is -0.116. The summed E-state index contributed by atoms with van der Waals surface area (Å²) in [7, 11) is 1.61. The van der Waals surface area contributed by atoms with Crippen LogP contribution in [0.1, 0.15) is 56.6 Å². The number of rotatable bonds is 6. The highest BCUT2D eigenvalue weighted by molar-refractivity contribution is 7.99. The lowest BCUT2D eigenvalue weighted by atomic mass is 9.76. The zero-order chi connectivity index (χ0) is 21.3. The Hall–Kier alpha value is -2.54. The summed E-state index contributed by atoms with van der Waals surface area (Å²) in [5.41, 5.74) is 2.76. The molecule has 1 atom stereocenters. The minimum absolute atomic E-state index is 0.0944. The fourth-order valence-corrected chi connectivity index (χ4v) is 5.16. The number of hydrogen-bond donors (Lipinski definition) is 2. The Morgan fingerprint density at radius 3 is 2.87 bits per heavy atom. The lowest BCUT2D eigenvalue weighted by Crippen LogP contribution is -2.32. The van der Waals surface area contributed by atoms with Crippen LogP contribution in [0.4, 0.5) is 5.82 Å². The molecular formula is C23H27N3O3S. The fraction of sp³-hybridized carbons (Fsp3) is 0.435. The van der Waals surface area contributed by atoms with Crippen LogP contribution in [-0.2, 0) is 4.79 Å². The summed E-state index contributed by atoms with van der Waals surface area (Å²) in [6.45, 7) is 4.36. The van der Waals surface area contributed by atoms with Gasteiger partial charge in [0.2, 0.25) is 0 Å². The van der Waals surface area contributed by atoms with Gasteiger partial charge in [0.05, 0.1) is 12.7 Å². The average molecular weight is 426 g/mol. The highest BCUT2D eigenvalue weighted by atomic mass is 32.2. The predicted molar refractivity (Wildman–Crippen MR) is 119 cm³/mol. The second-order valence-corrected chi connectivity index (χ2v) is 9.25. The fourth-order valence-electron chi connectivity index (χ4n) is 4.05. The molecule has 6 nitrogen and oxygen atoms in total. The van der Waals surface area contributed by atoms with E-state index in [2.05, 4.69) is 24.1 Å². The number of nitrogens with zero attached hydrogens (tertiary/aromatic N) is 1. The van der Waals surface area contributed by atoms with Crippen LogP contribution in [0, 0.1) is 5.92 Å². The highest BCUT2D eigenvalue weighted by Gasteiger charge is 2.37. The van der Waals surface area contributed by atoms with Crippen molar-refractivity contribution in [2.24, 2.45) is 5.92 Å². The van der Waals surface area contributed by atoms with Crippen molar-refractivity contribution < 1.29 is 9.53 Å². The molecule has 1 aliphatic carbocycles. The van der Waals surface area contributed by atoms with Crippen molar-refractivity contribution in [1.29, 1.82) is 0 Å². The number of fused-ring (bicyclic) bond motifs is 1. The molecule has 4 rings (SSSR count). The first-order valence-electron chi connectivity index (χ1n) is 10.4. The van der Waals surface area contributed by atoms with Crippen LogP contribution in [0.3, 0.4) is 0 Å². The van der Waals surface area contributed by atoms with Crippen molar-refractivity contribution in [2.75, 3.05) is 18.2 Å². The third-order valence-electron chi connectivity index (χ3n) is 5.60. The molecule has 0 amide bonds. The van der Waals surface area contributed by atoms with Gasteiger partial charge in [0.25, 0.3) is 5.56 Å². The van der Waals surface area contributed by atoms with E-state index in [4.69, 9.17) is 9.72 Å². The van der Waals surface area contributed by atoms with E-state index in [1.807, 2.05) is 24.3 Å². The van der Waals surface area contributed by atoms with Crippen LogP contribution in [0.15, 0.2) is 45.5 Å². The number of ketones is 1. The van der Waals surface area contributed by atoms with Crippen molar-refractivity contribution in [3.8, 4) is 5.75 Å². The second-order valence-electron chi connectivity index (χ2n) is 8.17. The van der Waals surface area contributed by atoms with Crippen LogP contribution in [0.25, 0.3) is 0 Å². The van der Waals surface area contributed by atoms with E-state index >= 15 is 0 Å². The van der Waals surface area contributed by atoms with Gasteiger partial charge >= 0.3 is 0 Å². The molecule has 1 aromatic carbocycles. The number of benzene rings is 1. The number of hydrogen-bond acceptors (Lipinski definition) is 6. The summed E-state index contributed by atoms with van der Waals surface area (Å²) in [5, 5.41) is 3.93. The number of anilines is 1. The number of nitrogens with one attached hydrogen (secondary N) is 2. The molecule has 158 valence electrons. The molecule has 0 radical (unpaired) electrons. The number of H-pyrrole nitrogens is 1. The summed E-state index contributed by atoms with van der Waals surface area (Å²) in [6.07, 6.45) is 3.15. The molecule has 30 heavy (non-hydrogen) atoms. The second kappa shape index (κ2) is 8.68. The number of Topliss-reactive ketones (excluding diaryl/α,β-unsaturated/α-hetero) is 1. The SMILES string of the molecule is COc1cccc(C2C3=C(CCCC3=O)Nc3nc(SCCC(C)C)[nH]c(=O)c32)c1. The zero-order valence-electron chi connectivity index (χ0n) is 17.6. The molecule has 0 saturated heterocycles. The molecule has 0 saturated carbocycles. The van der Waals surface area contributed by atoms with E-state index in [9.17, 15) is 9.59 Å². The zero-order valence-corrected chi connectivity index (χ0v) is 18.4. The Morgan fingerprint density at radius 2 is 2.10 bits per heavy atom. The summed E-state index contributed by atoms with van der Waals surface area (Å²) in [4.78, 5) is 33.7. The van der Waals surface area contributed by atoms with Gasteiger partial charge in [-0.1, -0.05) is 37.7 Å². The number of aromatic nitrogens is 2. The monoisotopic (exact) mass is 425 g/mol. The maximum Gasteiger partial charge on any atom is 0.257 e. The summed E-state index contributed by atoms with van der Waals surface area (Å²) in [5.74, 6) is 2.40. The van der Waals surface area contributed by atoms with Gasteiger partial charge in [-0.25, -0.2) is 4.98 Å². The van der Waals surface area contributed by atoms with Crippen LogP contribution in [0.5, 0.6) is 5.75 Å². The number of carbonyl (C=O) groups excluding carboxylic acids is 1. The van der Waals surface area contributed by atoms with Gasteiger partial charge in [0.1, 0.15) is 11.6 Å². The third-order valence-corrected chi connectivity index (χ3v) is 6.50. The first-order valence-corrected chi connectivity index (χ1v) is 11.4. The number of thioether (sulfide) groups is 1. The Balaban J connectivity index is 1.81. The minimum Gasteiger partial charge on any atom is -0.497 e. The third kappa shape index (κ3) is 4.03.